The van der Waals surface area contributed by atoms with Crippen molar-refractivity contribution in [3.05, 3.63) is 0 Å². The molecule has 0 aromatic carbocycles. The highest BCUT2D eigenvalue weighted by Gasteiger charge is 2.23. The van der Waals surface area contributed by atoms with Gasteiger partial charge in [0.2, 0.25) is 0 Å². The lowest BCUT2D eigenvalue weighted by Crippen LogP contribution is -2.37. The molecule has 0 radical (unpaired) electrons. The molecule has 54 heavy (non-hydrogen) atoms. The first-order valence-corrected chi connectivity index (χ1v) is 25.1. The molecule has 0 N–H and O–H groups in total. The van der Waals surface area contributed by atoms with E-state index in [1.165, 1.54) is 128 Å². The molecule has 0 aromatic heterocycles. The van der Waals surface area contributed by atoms with Crippen molar-refractivity contribution in [1.82, 2.24) is 0 Å². The second kappa shape index (κ2) is 36.1. The number of alkyl halides is 2. The predicted octanol–water partition coefficient (Wildman–Crippen LogP) is 12.1. The zero-order valence-electron chi connectivity index (χ0n) is 35.3. The van der Waals surface area contributed by atoms with E-state index in [-0.39, 0.29) is 35.7 Å². The molecular weight excluding hydrogens is 837 g/mol. The van der Waals surface area contributed by atoms with Crippen LogP contribution in [-0.2, 0) is 32.7 Å². The van der Waals surface area contributed by atoms with E-state index in [1.54, 1.807) is 0 Å². The van der Waals surface area contributed by atoms with Gasteiger partial charge in [0.25, 0.3) is 7.82 Å². The van der Waals surface area contributed by atoms with Gasteiger partial charge in [-0.15, -0.1) is 0 Å². The summed E-state index contributed by atoms with van der Waals surface area (Å²) in [6.07, 6.45) is 31.1. The first-order chi connectivity index (χ1) is 25.8. The molecule has 0 bridgehead atoms. The highest BCUT2D eigenvalue weighted by atomic mass is 79.9. The number of hydrogen-bond acceptors (Lipinski definition) is 8. The van der Waals surface area contributed by atoms with Crippen LogP contribution in [0.3, 0.4) is 0 Å². The Balaban J connectivity index is 4.55. The standard InChI is InChI=1S/C42H82Br2NO8P/c1-6-8-10-12-14-16-18-19-21-23-25-27-29-31-41(46)50-36-38(37-52-54(48,49)51-35-34-45(3,4)5)53-42(47)33-32-40(44)39(43)30-28-26-24-22-20-17-15-13-11-9-7-2/h38-40H,6-37H2,1-5H3. The lowest BCUT2D eigenvalue weighted by Gasteiger charge is -2.28. The van der Waals surface area contributed by atoms with Crippen LogP contribution in [0.25, 0.3) is 0 Å². The third-order valence-electron chi connectivity index (χ3n) is 9.74. The van der Waals surface area contributed by atoms with Crippen LogP contribution in [0.15, 0.2) is 0 Å². The summed E-state index contributed by atoms with van der Waals surface area (Å²) in [4.78, 5) is 38.1. The summed E-state index contributed by atoms with van der Waals surface area (Å²) in [6, 6.07) is 0. The third kappa shape index (κ3) is 37.5. The van der Waals surface area contributed by atoms with Crippen LogP contribution in [0.5, 0.6) is 0 Å². The van der Waals surface area contributed by atoms with E-state index < -0.39 is 32.5 Å². The quantitative estimate of drug-likeness (QED) is 0.0196. The first kappa shape index (κ1) is 54.0. The van der Waals surface area contributed by atoms with Gasteiger partial charge in [0.1, 0.15) is 19.8 Å². The molecule has 0 heterocycles. The minimum absolute atomic E-state index is 0.0393. The normalized spacial score (nSPS) is 14.7. The van der Waals surface area contributed by atoms with Gasteiger partial charge >= 0.3 is 11.9 Å². The maximum absolute atomic E-state index is 12.9. The van der Waals surface area contributed by atoms with Crippen molar-refractivity contribution in [2.24, 2.45) is 0 Å². The number of carbonyl (C=O) groups excluding carboxylic acids is 2. The van der Waals surface area contributed by atoms with Gasteiger partial charge in [-0.3, -0.25) is 14.2 Å². The molecule has 4 atom stereocenters. The topological polar surface area (TPSA) is 111 Å². The highest BCUT2D eigenvalue weighted by Crippen LogP contribution is 2.38. The van der Waals surface area contributed by atoms with Crippen molar-refractivity contribution in [3.63, 3.8) is 0 Å². The van der Waals surface area contributed by atoms with E-state index in [2.05, 4.69) is 45.7 Å². The highest BCUT2D eigenvalue weighted by molar-refractivity contribution is 9.12. The summed E-state index contributed by atoms with van der Waals surface area (Å²) in [5.74, 6) is -0.893. The third-order valence-corrected chi connectivity index (χ3v) is 13.6. The summed E-state index contributed by atoms with van der Waals surface area (Å²) in [5.41, 5.74) is 0. The Labute approximate surface area is 349 Å². The van der Waals surface area contributed by atoms with Crippen LogP contribution in [0.1, 0.15) is 194 Å². The van der Waals surface area contributed by atoms with Crippen LogP contribution in [-0.4, -0.2) is 79.7 Å². The Kier molecular flexibility index (Phi) is 36.1. The van der Waals surface area contributed by atoms with Crippen LogP contribution in [0, 0.1) is 0 Å². The number of carbonyl (C=O) groups is 2. The van der Waals surface area contributed by atoms with Crippen molar-refractivity contribution in [3.8, 4) is 0 Å². The monoisotopic (exact) mass is 917 g/mol. The zero-order valence-corrected chi connectivity index (χ0v) is 39.3. The van der Waals surface area contributed by atoms with Crippen molar-refractivity contribution in [2.45, 2.75) is 209 Å². The fourth-order valence-electron chi connectivity index (χ4n) is 6.17. The molecule has 0 aliphatic heterocycles. The Hall–Kier alpha value is -0.0300. The summed E-state index contributed by atoms with van der Waals surface area (Å²) in [7, 11) is 1.13. The van der Waals surface area contributed by atoms with Gasteiger partial charge in [0, 0.05) is 22.5 Å². The molecule has 0 rings (SSSR count). The summed E-state index contributed by atoms with van der Waals surface area (Å²) in [5, 5.41) is 0. The second-order valence-corrected chi connectivity index (χ2v) is 20.0. The Morgan fingerprint density at radius 2 is 1.00 bits per heavy atom. The first-order valence-electron chi connectivity index (χ1n) is 21.8. The number of halogens is 2. The Morgan fingerprint density at radius 1 is 0.574 bits per heavy atom. The van der Waals surface area contributed by atoms with Crippen molar-refractivity contribution >= 4 is 51.6 Å². The number of hydrogen-bond donors (Lipinski definition) is 0. The summed E-state index contributed by atoms with van der Waals surface area (Å²) < 4.78 is 34.0. The van der Waals surface area contributed by atoms with Crippen LogP contribution in [0.2, 0.25) is 0 Å². The number of likely N-dealkylation sites (N-methyl/N-ethyl adjacent to an activating group) is 1. The molecule has 12 heteroatoms. The molecule has 322 valence electrons. The maximum Gasteiger partial charge on any atom is 0.306 e. The van der Waals surface area contributed by atoms with E-state index in [0.717, 1.165) is 32.1 Å². The van der Waals surface area contributed by atoms with E-state index in [9.17, 15) is 19.0 Å². The average molecular weight is 920 g/mol. The number of esters is 2. The van der Waals surface area contributed by atoms with Gasteiger partial charge in [0.15, 0.2) is 6.10 Å². The zero-order chi connectivity index (χ0) is 40.3. The number of phosphoric acid groups is 1. The SMILES string of the molecule is CCCCCCCCCCCCCCCC(=O)OCC(COP(=O)([O-])OCC[N+](C)(C)C)OC(=O)CCC(Br)C(Br)CCCCCCCCCCCCC. The average Bonchev–Trinajstić information content (AvgIpc) is 3.11. The second-order valence-electron chi connectivity index (χ2n) is 16.3. The van der Waals surface area contributed by atoms with Crippen LogP contribution in [0.4, 0.5) is 0 Å². The van der Waals surface area contributed by atoms with Crippen LogP contribution < -0.4 is 4.89 Å². The van der Waals surface area contributed by atoms with Gasteiger partial charge in [-0.1, -0.05) is 193 Å². The van der Waals surface area contributed by atoms with E-state index >= 15 is 0 Å². The number of phosphoric ester groups is 1. The van der Waals surface area contributed by atoms with E-state index in [1.807, 2.05) is 21.1 Å². The number of ether oxygens (including phenoxy) is 2. The molecule has 0 amide bonds. The number of quaternary nitrogens is 1. The molecule has 0 saturated carbocycles. The summed E-state index contributed by atoms with van der Waals surface area (Å²) >= 11 is 7.52. The van der Waals surface area contributed by atoms with Gasteiger partial charge in [-0.25, -0.2) is 0 Å². The van der Waals surface area contributed by atoms with Gasteiger partial charge in [-0.05, 0) is 19.3 Å². The predicted molar refractivity (Wildman–Crippen MR) is 229 cm³/mol. The molecule has 0 saturated heterocycles. The van der Waals surface area contributed by atoms with Gasteiger partial charge in [-0.2, -0.15) is 0 Å². The number of unbranched alkanes of at least 4 members (excludes halogenated alkanes) is 22. The largest absolute Gasteiger partial charge is 0.756 e. The smallest absolute Gasteiger partial charge is 0.306 e. The minimum atomic E-state index is -4.64. The van der Waals surface area contributed by atoms with Crippen molar-refractivity contribution in [2.75, 3.05) is 47.5 Å². The van der Waals surface area contributed by atoms with Crippen molar-refractivity contribution < 1.29 is 42.1 Å². The molecule has 0 spiro atoms. The number of nitrogens with zero attached hydrogens (tertiary/aromatic N) is 1. The van der Waals surface area contributed by atoms with Gasteiger partial charge in [0.05, 0.1) is 27.7 Å². The molecule has 0 fully saturated rings. The minimum Gasteiger partial charge on any atom is -0.756 e. The maximum atomic E-state index is 12.9. The fourth-order valence-corrected chi connectivity index (χ4v) is 7.98. The molecule has 0 aromatic rings. The van der Waals surface area contributed by atoms with Crippen LogP contribution >= 0.6 is 39.7 Å². The summed E-state index contributed by atoms with van der Waals surface area (Å²) in [6.45, 7) is 4.16. The molecule has 0 aliphatic rings. The number of rotatable bonds is 40. The lowest BCUT2D eigenvalue weighted by atomic mass is 10.0. The molecule has 0 aliphatic carbocycles. The van der Waals surface area contributed by atoms with Crippen molar-refractivity contribution in [1.29, 1.82) is 0 Å². The van der Waals surface area contributed by atoms with Gasteiger partial charge < -0.3 is 27.9 Å². The molecular formula is C42H82Br2NO8P. The van der Waals surface area contributed by atoms with E-state index in [4.69, 9.17) is 18.5 Å². The van der Waals surface area contributed by atoms with E-state index in [0.29, 0.717) is 17.4 Å². The fraction of sp³-hybridized carbons (Fsp3) is 0.952. The Bertz CT molecular complexity index is 938. The lowest BCUT2D eigenvalue weighted by molar-refractivity contribution is -0.870. The molecule has 4 unspecified atom stereocenters. The Morgan fingerprint density at radius 3 is 1.46 bits per heavy atom. The molecule has 9 nitrogen and oxygen atoms in total.